The van der Waals surface area contributed by atoms with Gasteiger partial charge in [-0.1, -0.05) is 48.5 Å². The number of fused-ring (bicyclic) bond motifs is 1. The number of amides is 1. The average Bonchev–Trinajstić information content (AvgIpc) is 3.13. The van der Waals surface area contributed by atoms with Gasteiger partial charge in [-0.2, -0.15) is 0 Å². The summed E-state index contributed by atoms with van der Waals surface area (Å²) >= 11 is 0. The molecule has 0 saturated carbocycles. The van der Waals surface area contributed by atoms with Crippen LogP contribution < -0.4 is 15.8 Å². The summed E-state index contributed by atoms with van der Waals surface area (Å²) in [6, 6.07) is 16.7. The highest BCUT2D eigenvalue weighted by molar-refractivity contribution is 6.09. The monoisotopic (exact) mass is 379 g/mol. The van der Waals surface area contributed by atoms with Crippen LogP contribution in [-0.2, 0) is 21.7 Å². The molecular weight excluding hydrogens is 354 g/mol. The Bertz CT molecular complexity index is 891. The number of carbonyl (C=O) groups excluding carboxylic acids is 2. The van der Waals surface area contributed by atoms with E-state index in [1.54, 1.807) is 17.0 Å². The number of para-hydroxylation sites is 1. The first-order valence-corrected chi connectivity index (χ1v) is 9.63. The van der Waals surface area contributed by atoms with E-state index in [1.807, 2.05) is 56.3 Å². The number of carbonyl (C=O) groups is 2. The Balaban J connectivity index is 1.65. The van der Waals surface area contributed by atoms with Crippen molar-refractivity contribution in [1.29, 1.82) is 0 Å². The van der Waals surface area contributed by atoms with Crippen molar-refractivity contribution < 1.29 is 14.7 Å². The summed E-state index contributed by atoms with van der Waals surface area (Å²) in [6.45, 7) is 4.21. The van der Waals surface area contributed by atoms with Crippen molar-refractivity contribution in [2.24, 2.45) is 5.92 Å². The smallest absolute Gasteiger partial charge is 0.264 e. The molecule has 2 aromatic rings. The molecule has 2 aliphatic rings. The fourth-order valence-corrected chi connectivity index (χ4v) is 4.40. The van der Waals surface area contributed by atoms with E-state index >= 15 is 0 Å². The Labute approximate surface area is 164 Å². The number of rotatable bonds is 5. The van der Waals surface area contributed by atoms with Crippen LogP contribution in [0.1, 0.15) is 31.4 Å². The van der Waals surface area contributed by atoms with E-state index in [0.29, 0.717) is 17.8 Å². The van der Waals surface area contributed by atoms with Gasteiger partial charge < -0.3 is 10.0 Å². The van der Waals surface area contributed by atoms with Crippen LogP contribution >= 0.6 is 0 Å². The van der Waals surface area contributed by atoms with Crippen LogP contribution in [0.3, 0.4) is 0 Å². The molecular formula is C22H25N3O3. The van der Waals surface area contributed by atoms with Crippen LogP contribution in [0.15, 0.2) is 54.6 Å². The van der Waals surface area contributed by atoms with Crippen molar-refractivity contribution in [3.05, 3.63) is 65.7 Å². The number of aliphatic hydroxyl groups is 1. The highest BCUT2D eigenvalue weighted by Crippen LogP contribution is 2.43. The SMILES string of the molecule is CC1NNC(C)C1C(=O)CC1(O)C(=O)N(Cc2ccccc2)c2ccccc21. The molecule has 2 heterocycles. The first-order chi connectivity index (χ1) is 13.4. The highest BCUT2D eigenvalue weighted by atomic mass is 16.3. The first kappa shape index (κ1) is 18.8. The molecule has 0 spiro atoms. The van der Waals surface area contributed by atoms with E-state index in [-0.39, 0.29) is 30.2 Å². The van der Waals surface area contributed by atoms with Gasteiger partial charge in [-0.05, 0) is 25.5 Å². The maximum atomic E-state index is 13.3. The molecule has 2 aromatic carbocycles. The average molecular weight is 379 g/mol. The number of hydrogen-bond donors (Lipinski definition) is 3. The maximum absolute atomic E-state index is 13.3. The fraction of sp³-hybridized carbons (Fsp3) is 0.364. The van der Waals surface area contributed by atoms with Crippen LogP contribution in [0.2, 0.25) is 0 Å². The summed E-state index contributed by atoms with van der Waals surface area (Å²) in [5.41, 5.74) is 6.43. The van der Waals surface area contributed by atoms with Gasteiger partial charge in [-0.15, -0.1) is 0 Å². The summed E-state index contributed by atoms with van der Waals surface area (Å²) in [4.78, 5) is 27.9. The van der Waals surface area contributed by atoms with Crippen molar-refractivity contribution in [1.82, 2.24) is 10.9 Å². The molecule has 146 valence electrons. The Morgan fingerprint density at radius 2 is 1.64 bits per heavy atom. The van der Waals surface area contributed by atoms with Crippen LogP contribution in [0, 0.1) is 5.92 Å². The predicted molar refractivity (Wildman–Crippen MR) is 106 cm³/mol. The van der Waals surface area contributed by atoms with E-state index in [0.717, 1.165) is 5.56 Å². The van der Waals surface area contributed by atoms with Crippen LogP contribution in [-0.4, -0.2) is 28.9 Å². The molecule has 2 aliphatic heterocycles. The lowest BCUT2D eigenvalue weighted by atomic mass is 9.82. The topological polar surface area (TPSA) is 81.7 Å². The molecule has 6 nitrogen and oxygen atoms in total. The van der Waals surface area contributed by atoms with Crippen LogP contribution in [0.5, 0.6) is 0 Å². The molecule has 1 fully saturated rings. The van der Waals surface area contributed by atoms with Crippen molar-refractivity contribution >= 4 is 17.4 Å². The molecule has 4 rings (SSSR count). The van der Waals surface area contributed by atoms with E-state index in [1.165, 1.54) is 0 Å². The number of nitrogens with one attached hydrogen (secondary N) is 2. The third-order valence-corrected chi connectivity index (χ3v) is 5.84. The van der Waals surface area contributed by atoms with E-state index < -0.39 is 11.5 Å². The van der Waals surface area contributed by atoms with Gasteiger partial charge in [0.1, 0.15) is 5.78 Å². The molecule has 0 aromatic heterocycles. The normalized spacial score (nSPS) is 29.2. The first-order valence-electron chi connectivity index (χ1n) is 9.63. The molecule has 3 N–H and O–H groups in total. The molecule has 28 heavy (non-hydrogen) atoms. The third-order valence-electron chi connectivity index (χ3n) is 5.84. The minimum Gasteiger partial charge on any atom is -0.375 e. The van der Waals surface area contributed by atoms with Crippen LogP contribution in [0.25, 0.3) is 0 Å². The molecule has 3 atom stereocenters. The number of hydrogen-bond acceptors (Lipinski definition) is 5. The van der Waals surface area contributed by atoms with Gasteiger partial charge in [0, 0.05) is 24.1 Å². The number of ketones is 1. The van der Waals surface area contributed by atoms with Gasteiger partial charge >= 0.3 is 0 Å². The predicted octanol–water partition coefficient (Wildman–Crippen LogP) is 1.88. The van der Waals surface area contributed by atoms with Gasteiger partial charge in [0.15, 0.2) is 5.60 Å². The second-order valence-electron chi connectivity index (χ2n) is 7.79. The van der Waals surface area contributed by atoms with Crippen LogP contribution in [0.4, 0.5) is 5.69 Å². The molecule has 0 bridgehead atoms. The second-order valence-corrected chi connectivity index (χ2v) is 7.79. The maximum Gasteiger partial charge on any atom is 0.264 e. The quantitative estimate of drug-likeness (QED) is 0.739. The lowest BCUT2D eigenvalue weighted by Crippen LogP contribution is -2.44. The summed E-state index contributed by atoms with van der Waals surface area (Å²) < 4.78 is 0. The Kier molecular flexibility index (Phi) is 4.79. The largest absolute Gasteiger partial charge is 0.375 e. The van der Waals surface area contributed by atoms with Gasteiger partial charge in [-0.3, -0.25) is 20.4 Å². The van der Waals surface area contributed by atoms with Crippen molar-refractivity contribution in [3.8, 4) is 0 Å². The highest BCUT2D eigenvalue weighted by Gasteiger charge is 2.52. The zero-order valence-electron chi connectivity index (χ0n) is 16.1. The van der Waals surface area contributed by atoms with Gasteiger partial charge in [0.2, 0.25) is 0 Å². The summed E-state index contributed by atoms with van der Waals surface area (Å²) in [6.07, 6.45) is -0.225. The number of nitrogens with zero attached hydrogens (tertiary/aromatic N) is 1. The summed E-state index contributed by atoms with van der Waals surface area (Å²) in [5.74, 6) is -0.859. The summed E-state index contributed by atoms with van der Waals surface area (Å²) in [5, 5.41) is 11.4. The van der Waals surface area contributed by atoms with Crippen molar-refractivity contribution in [3.63, 3.8) is 0 Å². The van der Waals surface area contributed by atoms with E-state index in [2.05, 4.69) is 10.9 Å². The number of benzene rings is 2. The molecule has 0 aliphatic carbocycles. The molecule has 1 amide bonds. The van der Waals surface area contributed by atoms with Crippen molar-refractivity contribution in [2.45, 2.75) is 44.5 Å². The third kappa shape index (κ3) is 3.03. The van der Waals surface area contributed by atoms with E-state index in [4.69, 9.17) is 0 Å². The fourth-order valence-electron chi connectivity index (χ4n) is 4.40. The minimum absolute atomic E-state index is 0.0572. The Morgan fingerprint density at radius 3 is 2.32 bits per heavy atom. The van der Waals surface area contributed by atoms with Gasteiger partial charge in [-0.25, -0.2) is 0 Å². The minimum atomic E-state index is -1.83. The number of hydrazine groups is 1. The molecule has 3 unspecified atom stereocenters. The van der Waals surface area contributed by atoms with Gasteiger partial charge in [0.05, 0.1) is 18.2 Å². The Morgan fingerprint density at radius 1 is 1.04 bits per heavy atom. The summed E-state index contributed by atoms with van der Waals surface area (Å²) in [7, 11) is 0. The second kappa shape index (κ2) is 7.13. The number of anilines is 1. The lowest BCUT2D eigenvalue weighted by Gasteiger charge is -2.25. The molecule has 0 radical (unpaired) electrons. The molecule has 6 heteroatoms. The van der Waals surface area contributed by atoms with Crippen molar-refractivity contribution in [2.75, 3.05) is 4.90 Å². The van der Waals surface area contributed by atoms with Gasteiger partial charge in [0.25, 0.3) is 5.91 Å². The Hall–Kier alpha value is -2.54. The standard InChI is InChI=1S/C22H25N3O3/c1-14-20(15(2)24-23-14)19(26)12-22(28)17-10-6-7-11-18(17)25(21(22)27)13-16-8-4-3-5-9-16/h3-11,14-15,20,23-24,28H,12-13H2,1-2H3. The number of Topliss-reactive ketones (excluding diaryl/α,β-unsaturated/α-hetero) is 1. The zero-order chi connectivity index (χ0) is 19.9. The lowest BCUT2D eigenvalue weighted by molar-refractivity contribution is -0.143. The zero-order valence-corrected chi connectivity index (χ0v) is 16.1. The van der Waals surface area contributed by atoms with E-state index in [9.17, 15) is 14.7 Å². The molecule has 1 saturated heterocycles.